The Morgan fingerprint density at radius 1 is 1.23 bits per heavy atom. The summed E-state index contributed by atoms with van der Waals surface area (Å²) in [5.41, 5.74) is 1.22. The Hall–Kier alpha value is -1.18. The van der Waals surface area contributed by atoms with Crippen LogP contribution in [0.1, 0.15) is 19.8 Å². The van der Waals surface area contributed by atoms with E-state index in [4.69, 9.17) is 9.47 Å². The molecular formula is C11H16O2. The van der Waals surface area contributed by atoms with Gasteiger partial charge in [0.05, 0.1) is 20.0 Å². The number of allylic oxidation sites excluding steroid dienone is 4. The summed E-state index contributed by atoms with van der Waals surface area (Å²) < 4.78 is 10.4. The summed E-state index contributed by atoms with van der Waals surface area (Å²) in [6.07, 6.45) is 7.90. The molecule has 0 aromatic rings. The Balaban J connectivity index is 2.87. The zero-order valence-corrected chi connectivity index (χ0v) is 8.46. The molecule has 0 saturated heterocycles. The van der Waals surface area contributed by atoms with Crippen LogP contribution in [0.25, 0.3) is 0 Å². The van der Waals surface area contributed by atoms with E-state index in [2.05, 4.69) is 19.1 Å². The first-order valence-corrected chi connectivity index (χ1v) is 4.50. The smallest absolute Gasteiger partial charge is 0.118 e. The maximum absolute atomic E-state index is 5.27. The van der Waals surface area contributed by atoms with Crippen LogP contribution in [0, 0.1) is 0 Å². The highest BCUT2D eigenvalue weighted by atomic mass is 16.5. The highest BCUT2D eigenvalue weighted by Gasteiger charge is 2.06. The average molecular weight is 180 g/mol. The molecule has 1 aliphatic rings. The van der Waals surface area contributed by atoms with Crippen molar-refractivity contribution in [3.05, 3.63) is 35.3 Å². The Morgan fingerprint density at radius 3 is 2.54 bits per heavy atom. The standard InChI is InChI=1S/C11H16O2/c1-4-9-5-6-10(12-2)7-8-11(9)13-3/h5-6,8H,4,7H2,1-3H3. The van der Waals surface area contributed by atoms with Crippen molar-refractivity contribution in [3.8, 4) is 0 Å². The molecule has 13 heavy (non-hydrogen) atoms. The lowest BCUT2D eigenvalue weighted by atomic mass is 10.1. The van der Waals surface area contributed by atoms with Gasteiger partial charge in [0, 0.05) is 6.42 Å². The maximum Gasteiger partial charge on any atom is 0.118 e. The van der Waals surface area contributed by atoms with E-state index in [1.54, 1.807) is 14.2 Å². The van der Waals surface area contributed by atoms with E-state index in [-0.39, 0.29) is 0 Å². The fraction of sp³-hybridized carbons (Fsp3) is 0.455. The Morgan fingerprint density at radius 2 is 2.00 bits per heavy atom. The molecule has 0 amide bonds. The lowest BCUT2D eigenvalue weighted by molar-refractivity contribution is 0.279. The van der Waals surface area contributed by atoms with Gasteiger partial charge in [-0.15, -0.1) is 0 Å². The SMILES string of the molecule is CCC1=CC=C(OC)CC=C1OC. The summed E-state index contributed by atoms with van der Waals surface area (Å²) in [6.45, 7) is 2.12. The van der Waals surface area contributed by atoms with Crippen LogP contribution >= 0.6 is 0 Å². The van der Waals surface area contributed by atoms with Gasteiger partial charge in [-0.3, -0.25) is 0 Å². The first-order chi connectivity index (χ1) is 6.31. The van der Waals surface area contributed by atoms with Gasteiger partial charge in [0.1, 0.15) is 5.76 Å². The molecule has 0 unspecified atom stereocenters. The van der Waals surface area contributed by atoms with Gasteiger partial charge < -0.3 is 9.47 Å². The molecule has 2 heteroatoms. The molecule has 0 bridgehead atoms. The number of methoxy groups -OCH3 is 2. The van der Waals surface area contributed by atoms with Crippen LogP contribution in [0.2, 0.25) is 0 Å². The maximum atomic E-state index is 5.27. The van der Waals surface area contributed by atoms with Crippen LogP contribution in [-0.2, 0) is 9.47 Å². The molecule has 0 aromatic heterocycles. The van der Waals surface area contributed by atoms with Crippen molar-refractivity contribution in [1.29, 1.82) is 0 Å². The quantitative estimate of drug-likeness (QED) is 0.665. The third-order valence-electron chi connectivity index (χ3n) is 2.14. The van der Waals surface area contributed by atoms with Crippen molar-refractivity contribution in [1.82, 2.24) is 0 Å². The second-order valence-electron chi connectivity index (χ2n) is 2.86. The summed E-state index contributed by atoms with van der Waals surface area (Å²) in [6, 6.07) is 0. The minimum Gasteiger partial charge on any atom is -0.501 e. The van der Waals surface area contributed by atoms with Crippen molar-refractivity contribution in [2.24, 2.45) is 0 Å². The van der Waals surface area contributed by atoms with E-state index in [0.717, 1.165) is 24.4 Å². The van der Waals surface area contributed by atoms with E-state index in [1.165, 1.54) is 5.57 Å². The molecule has 0 saturated carbocycles. The summed E-state index contributed by atoms with van der Waals surface area (Å²) >= 11 is 0. The van der Waals surface area contributed by atoms with Crippen LogP contribution in [0.15, 0.2) is 35.3 Å². The van der Waals surface area contributed by atoms with Crippen LogP contribution in [0.5, 0.6) is 0 Å². The fourth-order valence-electron chi connectivity index (χ4n) is 1.33. The first kappa shape index (κ1) is 9.90. The van der Waals surface area contributed by atoms with Gasteiger partial charge in [0.2, 0.25) is 0 Å². The lowest BCUT2D eigenvalue weighted by Crippen LogP contribution is -1.90. The van der Waals surface area contributed by atoms with Crippen molar-refractivity contribution < 1.29 is 9.47 Å². The molecule has 0 aromatic carbocycles. The number of hydrogen-bond donors (Lipinski definition) is 0. The molecule has 1 rings (SSSR count). The van der Waals surface area contributed by atoms with Crippen molar-refractivity contribution >= 4 is 0 Å². The summed E-state index contributed by atoms with van der Waals surface area (Å²) in [4.78, 5) is 0. The van der Waals surface area contributed by atoms with E-state index >= 15 is 0 Å². The molecule has 0 N–H and O–H groups in total. The van der Waals surface area contributed by atoms with Crippen LogP contribution in [0.3, 0.4) is 0 Å². The highest BCUT2D eigenvalue weighted by Crippen LogP contribution is 2.21. The first-order valence-electron chi connectivity index (χ1n) is 4.50. The zero-order chi connectivity index (χ0) is 9.68. The summed E-state index contributed by atoms with van der Waals surface area (Å²) in [5, 5.41) is 0. The van der Waals surface area contributed by atoms with Crippen LogP contribution < -0.4 is 0 Å². The fourth-order valence-corrected chi connectivity index (χ4v) is 1.33. The second-order valence-corrected chi connectivity index (χ2v) is 2.86. The average Bonchev–Trinajstić information content (AvgIpc) is 2.38. The van der Waals surface area contributed by atoms with Gasteiger partial charge in [-0.05, 0) is 24.1 Å². The van der Waals surface area contributed by atoms with Crippen molar-refractivity contribution in [3.63, 3.8) is 0 Å². The predicted molar refractivity (Wildman–Crippen MR) is 53.2 cm³/mol. The topological polar surface area (TPSA) is 18.5 Å². The van der Waals surface area contributed by atoms with Crippen LogP contribution in [0.4, 0.5) is 0 Å². The van der Waals surface area contributed by atoms with Crippen LogP contribution in [-0.4, -0.2) is 14.2 Å². The molecule has 72 valence electrons. The molecule has 0 heterocycles. The minimum atomic E-state index is 0.805. The Kier molecular flexibility index (Phi) is 3.62. The van der Waals surface area contributed by atoms with Gasteiger partial charge in [-0.2, -0.15) is 0 Å². The summed E-state index contributed by atoms with van der Waals surface area (Å²) in [5.74, 6) is 1.93. The van der Waals surface area contributed by atoms with Gasteiger partial charge in [0.25, 0.3) is 0 Å². The van der Waals surface area contributed by atoms with Gasteiger partial charge in [0.15, 0.2) is 0 Å². The third kappa shape index (κ3) is 2.38. The number of ether oxygens (including phenoxy) is 2. The van der Waals surface area contributed by atoms with E-state index in [0.29, 0.717) is 0 Å². The summed E-state index contributed by atoms with van der Waals surface area (Å²) in [7, 11) is 3.39. The number of rotatable bonds is 3. The van der Waals surface area contributed by atoms with Gasteiger partial charge in [-0.1, -0.05) is 13.0 Å². The molecule has 0 aliphatic heterocycles. The zero-order valence-electron chi connectivity index (χ0n) is 8.46. The largest absolute Gasteiger partial charge is 0.501 e. The lowest BCUT2D eigenvalue weighted by Gasteiger charge is -2.06. The van der Waals surface area contributed by atoms with Crippen molar-refractivity contribution in [2.75, 3.05) is 14.2 Å². The molecule has 1 aliphatic carbocycles. The Bertz CT molecular complexity index is 259. The molecule has 0 fully saturated rings. The second kappa shape index (κ2) is 4.75. The highest BCUT2D eigenvalue weighted by molar-refractivity contribution is 5.33. The van der Waals surface area contributed by atoms with Crippen molar-refractivity contribution in [2.45, 2.75) is 19.8 Å². The van der Waals surface area contributed by atoms with E-state index in [1.807, 2.05) is 6.08 Å². The number of hydrogen-bond acceptors (Lipinski definition) is 2. The monoisotopic (exact) mass is 180 g/mol. The predicted octanol–water partition coefficient (Wildman–Crippen LogP) is 2.79. The molecule has 2 nitrogen and oxygen atoms in total. The molecule has 0 atom stereocenters. The molecular weight excluding hydrogens is 164 g/mol. The normalized spacial score (nSPS) is 16.7. The van der Waals surface area contributed by atoms with E-state index in [9.17, 15) is 0 Å². The van der Waals surface area contributed by atoms with Gasteiger partial charge >= 0.3 is 0 Å². The third-order valence-corrected chi connectivity index (χ3v) is 2.14. The molecule has 0 spiro atoms. The molecule has 0 radical (unpaired) electrons. The van der Waals surface area contributed by atoms with Gasteiger partial charge in [-0.25, -0.2) is 0 Å². The van der Waals surface area contributed by atoms with E-state index < -0.39 is 0 Å². The minimum absolute atomic E-state index is 0.805. The Labute approximate surface area is 79.5 Å².